The first-order chi connectivity index (χ1) is 13.1. The summed E-state index contributed by atoms with van der Waals surface area (Å²) in [5, 5.41) is 10.9. The minimum atomic E-state index is -0.0828. The highest BCUT2D eigenvalue weighted by Crippen LogP contribution is 2.27. The van der Waals surface area contributed by atoms with E-state index in [1.54, 1.807) is 27.2 Å². The fourth-order valence-electron chi connectivity index (χ4n) is 2.72. The van der Waals surface area contributed by atoms with Crippen LogP contribution in [0.3, 0.4) is 0 Å². The van der Waals surface area contributed by atoms with Crippen molar-refractivity contribution in [3.8, 4) is 16.3 Å². The molecule has 4 aromatic rings. The molecule has 3 aromatic heterocycles. The molecule has 0 spiro atoms. The number of amides is 1. The van der Waals surface area contributed by atoms with E-state index in [0.717, 1.165) is 21.8 Å². The van der Waals surface area contributed by atoms with Crippen LogP contribution in [0.5, 0.6) is 0 Å². The zero-order valence-electron chi connectivity index (χ0n) is 14.8. The molecule has 136 valence electrons. The van der Waals surface area contributed by atoms with Gasteiger partial charge in [-0.25, -0.2) is 14.6 Å². The van der Waals surface area contributed by atoms with Crippen molar-refractivity contribution in [2.75, 3.05) is 7.05 Å². The van der Waals surface area contributed by atoms with Crippen molar-refractivity contribution in [2.24, 2.45) is 0 Å². The number of hydrogen-bond acceptors (Lipinski definition) is 6. The SMILES string of the molecule is C[C@H](c1ccc(-n2cncn2)cc1)N(C)C(=O)c1csc(-c2ccsc2)n1. The fourth-order valence-corrected chi connectivity index (χ4v) is 4.22. The molecule has 0 N–H and O–H groups in total. The Balaban J connectivity index is 1.50. The lowest BCUT2D eigenvalue weighted by Crippen LogP contribution is -2.29. The second-order valence-corrected chi connectivity index (χ2v) is 7.71. The van der Waals surface area contributed by atoms with E-state index in [4.69, 9.17) is 0 Å². The average molecular weight is 396 g/mol. The van der Waals surface area contributed by atoms with Crippen LogP contribution in [0.15, 0.2) is 59.1 Å². The molecule has 0 aliphatic rings. The van der Waals surface area contributed by atoms with E-state index >= 15 is 0 Å². The number of carbonyl (C=O) groups excluding carboxylic acids is 1. The van der Waals surface area contributed by atoms with Gasteiger partial charge in [-0.05, 0) is 36.1 Å². The van der Waals surface area contributed by atoms with E-state index in [9.17, 15) is 4.79 Å². The van der Waals surface area contributed by atoms with Crippen molar-refractivity contribution in [3.63, 3.8) is 0 Å². The third kappa shape index (κ3) is 3.54. The van der Waals surface area contributed by atoms with Gasteiger partial charge in [0.25, 0.3) is 5.91 Å². The molecular formula is C19H17N5OS2. The Morgan fingerprint density at radius 2 is 2.00 bits per heavy atom. The fraction of sp³-hybridized carbons (Fsp3) is 0.158. The molecule has 8 heteroatoms. The van der Waals surface area contributed by atoms with Crippen LogP contribution in [-0.2, 0) is 0 Å². The van der Waals surface area contributed by atoms with Crippen LogP contribution in [0.4, 0.5) is 0 Å². The van der Waals surface area contributed by atoms with Gasteiger partial charge in [-0.15, -0.1) is 11.3 Å². The molecule has 3 heterocycles. The summed E-state index contributed by atoms with van der Waals surface area (Å²) in [6, 6.07) is 9.88. The Hall–Kier alpha value is -2.84. The number of nitrogens with zero attached hydrogens (tertiary/aromatic N) is 5. The Morgan fingerprint density at radius 1 is 1.19 bits per heavy atom. The maximum Gasteiger partial charge on any atom is 0.273 e. The minimum absolute atomic E-state index is 0.0754. The second-order valence-electron chi connectivity index (χ2n) is 6.07. The van der Waals surface area contributed by atoms with Crippen LogP contribution in [0.2, 0.25) is 0 Å². The molecule has 0 saturated heterocycles. The standard InChI is InChI=1S/C19H17N5OS2/c1-13(14-3-5-16(6-4-14)24-12-20-11-21-24)23(2)19(25)17-10-27-18(22-17)15-7-8-26-9-15/h3-13H,1-2H3/t13-/m1/s1. The summed E-state index contributed by atoms with van der Waals surface area (Å²) in [7, 11) is 1.81. The maximum absolute atomic E-state index is 12.8. The summed E-state index contributed by atoms with van der Waals surface area (Å²) in [5.41, 5.74) is 3.51. The summed E-state index contributed by atoms with van der Waals surface area (Å²) in [5.74, 6) is -0.0828. The molecule has 0 unspecified atom stereocenters. The Labute approximate surface area is 164 Å². The number of hydrogen-bond donors (Lipinski definition) is 0. The smallest absolute Gasteiger partial charge is 0.273 e. The summed E-state index contributed by atoms with van der Waals surface area (Å²) < 4.78 is 1.70. The molecule has 0 aliphatic heterocycles. The largest absolute Gasteiger partial charge is 0.334 e. The first-order valence-electron chi connectivity index (χ1n) is 8.33. The van der Waals surface area contributed by atoms with Crippen molar-refractivity contribution in [2.45, 2.75) is 13.0 Å². The van der Waals surface area contributed by atoms with Crippen LogP contribution in [0, 0.1) is 0 Å². The third-order valence-corrected chi connectivity index (χ3v) is 6.03. The van der Waals surface area contributed by atoms with Crippen molar-refractivity contribution < 1.29 is 4.79 Å². The highest BCUT2D eigenvalue weighted by Gasteiger charge is 2.21. The zero-order chi connectivity index (χ0) is 18.8. The predicted octanol–water partition coefficient (Wildman–Crippen LogP) is 4.29. The molecule has 0 bridgehead atoms. The van der Waals surface area contributed by atoms with E-state index in [1.165, 1.54) is 17.7 Å². The number of rotatable bonds is 5. The van der Waals surface area contributed by atoms with Crippen LogP contribution < -0.4 is 0 Å². The summed E-state index contributed by atoms with van der Waals surface area (Å²) in [4.78, 5) is 23.0. The van der Waals surface area contributed by atoms with E-state index in [-0.39, 0.29) is 11.9 Å². The van der Waals surface area contributed by atoms with Crippen LogP contribution in [0.1, 0.15) is 29.0 Å². The molecule has 1 atom stereocenters. The molecule has 0 radical (unpaired) electrons. The van der Waals surface area contributed by atoms with Gasteiger partial charge < -0.3 is 4.90 Å². The lowest BCUT2D eigenvalue weighted by atomic mass is 10.1. The van der Waals surface area contributed by atoms with Gasteiger partial charge in [-0.2, -0.15) is 16.4 Å². The van der Waals surface area contributed by atoms with Crippen molar-refractivity contribution in [1.29, 1.82) is 0 Å². The van der Waals surface area contributed by atoms with Gasteiger partial charge in [0.15, 0.2) is 0 Å². The summed E-state index contributed by atoms with van der Waals surface area (Å²) in [6.07, 6.45) is 3.16. The van der Waals surface area contributed by atoms with E-state index in [1.807, 2.05) is 60.4 Å². The summed E-state index contributed by atoms with van der Waals surface area (Å²) >= 11 is 3.12. The van der Waals surface area contributed by atoms with E-state index < -0.39 is 0 Å². The van der Waals surface area contributed by atoms with Gasteiger partial charge in [0.1, 0.15) is 23.4 Å². The molecule has 6 nitrogen and oxygen atoms in total. The molecule has 1 aromatic carbocycles. The molecule has 0 aliphatic carbocycles. The molecule has 0 saturated carbocycles. The van der Waals surface area contributed by atoms with Crippen molar-refractivity contribution in [3.05, 3.63) is 70.4 Å². The van der Waals surface area contributed by atoms with Crippen LogP contribution in [-0.4, -0.2) is 37.6 Å². The lowest BCUT2D eigenvalue weighted by molar-refractivity contribution is 0.0737. The number of thiazole rings is 1. The first-order valence-corrected chi connectivity index (χ1v) is 10.2. The molecule has 1 amide bonds. The van der Waals surface area contributed by atoms with E-state index in [2.05, 4.69) is 15.1 Å². The van der Waals surface area contributed by atoms with Gasteiger partial charge in [0, 0.05) is 23.4 Å². The minimum Gasteiger partial charge on any atom is -0.334 e. The quantitative estimate of drug-likeness (QED) is 0.506. The van der Waals surface area contributed by atoms with Crippen LogP contribution >= 0.6 is 22.7 Å². The Morgan fingerprint density at radius 3 is 2.67 bits per heavy atom. The van der Waals surface area contributed by atoms with E-state index in [0.29, 0.717) is 5.69 Å². The molecule has 0 fully saturated rings. The monoisotopic (exact) mass is 395 g/mol. The number of aromatic nitrogens is 4. The van der Waals surface area contributed by atoms with Gasteiger partial charge in [-0.1, -0.05) is 12.1 Å². The number of carbonyl (C=O) groups is 1. The topological polar surface area (TPSA) is 63.9 Å². The van der Waals surface area contributed by atoms with Crippen LogP contribution in [0.25, 0.3) is 16.3 Å². The zero-order valence-corrected chi connectivity index (χ0v) is 16.4. The van der Waals surface area contributed by atoms with Crippen molar-refractivity contribution >= 4 is 28.6 Å². The average Bonchev–Trinajstić information content (AvgIpc) is 3.47. The highest BCUT2D eigenvalue weighted by atomic mass is 32.1. The van der Waals surface area contributed by atoms with Gasteiger partial charge in [0.2, 0.25) is 0 Å². The molecular weight excluding hydrogens is 378 g/mol. The normalized spacial score (nSPS) is 12.1. The lowest BCUT2D eigenvalue weighted by Gasteiger charge is -2.24. The van der Waals surface area contributed by atoms with Crippen molar-refractivity contribution in [1.82, 2.24) is 24.6 Å². The third-order valence-electron chi connectivity index (χ3n) is 4.45. The first kappa shape index (κ1) is 17.6. The predicted molar refractivity (Wildman–Crippen MR) is 107 cm³/mol. The summed E-state index contributed by atoms with van der Waals surface area (Å²) in [6.45, 7) is 2.01. The highest BCUT2D eigenvalue weighted by molar-refractivity contribution is 7.14. The van der Waals surface area contributed by atoms with Gasteiger partial charge >= 0.3 is 0 Å². The van der Waals surface area contributed by atoms with Gasteiger partial charge in [-0.3, -0.25) is 4.79 Å². The molecule has 4 rings (SSSR count). The Bertz CT molecular complexity index is 1020. The maximum atomic E-state index is 12.8. The molecule has 27 heavy (non-hydrogen) atoms. The number of thiophene rings is 1. The van der Waals surface area contributed by atoms with Gasteiger partial charge in [0.05, 0.1) is 11.7 Å². The second kappa shape index (κ2) is 7.42. The number of benzene rings is 1. The Kier molecular flexibility index (Phi) is 4.83.